The van der Waals surface area contributed by atoms with Crippen molar-refractivity contribution in [2.75, 3.05) is 35.2 Å². The zero-order valence-corrected chi connectivity index (χ0v) is 16.9. The van der Waals surface area contributed by atoms with Crippen LogP contribution in [-0.4, -0.2) is 52.8 Å². The quantitative estimate of drug-likeness (QED) is 0.848. The second kappa shape index (κ2) is 6.74. The maximum absolute atomic E-state index is 6.22. The first-order valence-electron chi connectivity index (χ1n) is 9.93. The van der Waals surface area contributed by atoms with Crippen molar-refractivity contribution >= 4 is 29.2 Å². The molecule has 0 radical (unpaired) electrons. The molecule has 0 spiro atoms. The van der Waals surface area contributed by atoms with E-state index in [2.05, 4.69) is 28.6 Å². The molecule has 0 unspecified atom stereocenters. The van der Waals surface area contributed by atoms with Crippen LogP contribution in [0.4, 0.5) is 17.6 Å². The van der Waals surface area contributed by atoms with Crippen LogP contribution in [0.15, 0.2) is 18.3 Å². The molecule has 1 aliphatic carbocycles. The van der Waals surface area contributed by atoms with Crippen LogP contribution in [0.3, 0.4) is 0 Å². The van der Waals surface area contributed by atoms with E-state index in [4.69, 9.17) is 32.0 Å². The average molecular weight is 401 g/mol. The van der Waals surface area contributed by atoms with Crippen LogP contribution in [-0.2, 0) is 4.74 Å². The summed E-state index contributed by atoms with van der Waals surface area (Å²) in [6.07, 6.45) is 4.41. The molecule has 28 heavy (non-hydrogen) atoms. The summed E-state index contributed by atoms with van der Waals surface area (Å²) in [5.74, 6) is 2.85. The van der Waals surface area contributed by atoms with Crippen molar-refractivity contribution in [1.82, 2.24) is 15.0 Å². The average Bonchev–Trinajstić information content (AvgIpc) is 3.27. The molecule has 6 rings (SSSR count). The number of fused-ring (bicyclic) bond motifs is 1. The Morgan fingerprint density at radius 1 is 1.14 bits per heavy atom. The fraction of sp³-hybridized carbons (Fsp3) is 0.550. The number of nitrogens with zero attached hydrogens (tertiary/aromatic N) is 5. The van der Waals surface area contributed by atoms with Gasteiger partial charge in [-0.15, -0.1) is 0 Å². The van der Waals surface area contributed by atoms with Gasteiger partial charge >= 0.3 is 0 Å². The highest BCUT2D eigenvalue weighted by Gasteiger charge is 2.44. The molecule has 0 aromatic carbocycles. The third kappa shape index (κ3) is 3.06. The fourth-order valence-electron chi connectivity index (χ4n) is 4.43. The van der Waals surface area contributed by atoms with Gasteiger partial charge in [-0.1, -0.05) is 11.6 Å². The molecular weight excluding hydrogens is 376 g/mol. The van der Waals surface area contributed by atoms with Crippen molar-refractivity contribution in [2.45, 2.75) is 44.9 Å². The summed E-state index contributed by atoms with van der Waals surface area (Å²) < 4.78 is 5.80. The minimum atomic E-state index is 0.172. The molecule has 1 saturated carbocycles. The molecule has 2 aromatic rings. The Balaban J connectivity index is 1.58. The Hall–Kier alpha value is -2.12. The van der Waals surface area contributed by atoms with Crippen LogP contribution >= 0.6 is 11.6 Å². The summed E-state index contributed by atoms with van der Waals surface area (Å²) in [6, 6.07) is 4.69. The van der Waals surface area contributed by atoms with E-state index < -0.39 is 0 Å². The Labute approximate surface area is 169 Å². The summed E-state index contributed by atoms with van der Waals surface area (Å²) in [5.41, 5.74) is 7.47. The number of morpholine rings is 1. The Bertz CT molecular complexity index is 902. The maximum Gasteiger partial charge on any atom is 0.228 e. The van der Waals surface area contributed by atoms with Gasteiger partial charge in [-0.2, -0.15) is 4.98 Å². The second-order valence-corrected chi connectivity index (χ2v) is 8.70. The molecule has 2 bridgehead atoms. The summed E-state index contributed by atoms with van der Waals surface area (Å²) >= 11 is 6.22. The molecule has 8 heteroatoms. The molecule has 2 atom stereocenters. The number of rotatable bonds is 3. The van der Waals surface area contributed by atoms with Gasteiger partial charge in [0.05, 0.1) is 29.5 Å². The lowest BCUT2D eigenvalue weighted by Crippen LogP contribution is -2.48. The number of anilines is 3. The molecule has 2 aromatic heterocycles. The van der Waals surface area contributed by atoms with Crippen LogP contribution in [0.2, 0.25) is 5.02 Å². The number of halogens is 1. The predicted molar refractivity (Wildman–Crippen MR) is 111 cm³/mol. The van der Waals surface area contributed by atoms with Crippen molar-refractivity contribution in [3.05, 3.63) is 23.4 Å². The van der Waals surface area contributed by atoms with Gasteiger partial charge in [0, 0.05) is 37.0 Å². The summed E-state index contributed by atoms with van der Waals surface area (Å²) in [7, 11) is 0. The SMILES string of the molecule is C[C@H]1CN(c2cc(-c3cnc(N)c(Cl)c3)nc(N3CC4CC3C4)n2)[C@@H](C)CO1. The van der Waals surface area contributed by atoms with Gasteiger partial charge in [0.25, 0.3) is 0 Å². The van der Waals surface area contributed by atoms with Gasteiger partial charge in [0.15, 0.2) is 0 Å². The highest BCUT2D eigenvalue weighted by molar-refractivity contribution is 6.33. The monoisotopic (exact) mass is 400 g/mol. The van der Waals surface area contributed by atoms with Crippen LogP contribution < -0.4 is 15.5 Å². The van der Waals surface area contributed by atoms with Crippen LogP contribution in [0.5, 0.6) is 0 Å². The van der Waals surface area contributed by atoms with Gasteiger partial charge < -0.3 is 20.3 Å². The lowest BCUT2D eigenvalue weighted by Gasteiger charge is -2.38. The van der Waals surface area contributed by atoms with Crippen LogP contribution in [0, 0.1) is 5.92 Å². The molecule has 5 heterocycles. The highest BCUT2D eigenvalue weighted by atomic mass is 35.5. The number of hydrogen-bond acceptors (Lipinski definition) is 7. The van der Waals surface area contributed by atoms with Gasteiger partial charge in [0.1, 0.15) is 11.6 Å². The molecule has 2 N–H and O–H groups in total. The van der Waals surface area contributed by atoms with Crippen molar-refractivity contribution < 1.29 is 4.74 Å². The van der Waals surface area contributed by atoms with Crippen molar-refractivity contribution in [3.8, 4) is 11.3 Å². The first-order valence-corrected chi connectivity index (χ1v) is 10.3. The second-order valence-electron chi connectivity index (χ2n) is 8.29. The van der Waals surface area contributed by atoms with E-state index in [-0.39, 0.29) is 12.1 Å². The summed E-state index contributed by atoms with van der Waals surface area (Å²) in [6.45, 7) is 6.81. The maximum atomic E-state index is 6.22. The van der Waals surface area contributed by atoms with Gasteiger partial charge in [0.2, 0.25) is 5.95 Å². The van der Waals surface area contributed by atoms with Crippen molar-refractivity contribution in [2.24, 2.45) is 5.92 Å². The predicted octanol–water partition coefficient (Wildman–Crippen LogP) is 2.99. The first-order chi connectivity index (χ1) is 13.5. The van der Waals surface area contributed by atoms with Crippen molar-refractivity contribution in [1.29, 1.82) is 0 Å². The minimum Gasteiger partial charge on any atom is -0.382 e. The lowest BCUT2D eigenvalue weighted by molar-refractivity contribution is 0.0340. The number of aromatic nitrogens is 3. The van der Waals surface area contributed by atoms with Gasteiger partial charge in [-0.05, 0) is 38.7 Å². The molecule has 3 aliphatic heterocycles. The molecule has 4 fully saturated rings. The van der Waals surface area contributed by atoms with E-state index in [9.17, 15) is 0 Å². The molecule has 7 nitrogen and oxygen atoms in total. The zero-order valence-electron chi connectivity index (χ0n) is 16.2. The number of ether oxygens (including phenoxy) is 1. The van der Waals surface area contributed by atoms with E-state index in [1.165, 1.54) is 12.8 Å². The number of hydrogen-bond donors (Lipinski definition) is 1. The van der Waals surface area contributed by atoms with E-state index in [0.29, 0.717) is 23.5 Å². The van der Waals surface area contributed by atoms with E-state index in [1.807, 2.05) is 12.1 Å². The Morgan fingerprint density at radius 2 is 1.96 bits per heavy atom. The summed E-state index contributed by atoms with van der Waals surface area (Å²) in [5, 5.41) is 0.441. The van der Waals surface area contributed by atoms with Crippen LogP contribution in [0.25, 0.3) is 11.3 Å². The third-order valence-electron chi connectivity index (χ3n) is 6.13. The molecule has 148 valence electrons. The number of pyridine rings is 1. The van der Waals surface area contributed by atoms with Crippen LogP contribution in [0.1, 0.15) is 26.7 Å². The molecule has 3 saturated heterocycles. The molecule has 0 amide bonds. The third-order valence-corrected chi connectivity index (χ3v) is 6.43. The van der Waals surface area contributed by atoms with Crippen molar-refractivity contribution in [3.63, 3.8) is 0 Å². The smallest absolute Gasteiger partial charge is 0.228 e. The topological polar surface area (TPSA) is 80.4 Å². The Morgan fingerprint density at radius 3 is 2.68 bits per heavy atom. The van der Waals surface area contributed by atoms with Gasteiger partial charge in [-0.3, -0.25) is 0 Å². The first kappa shape index (κ1) is 17.9. The minimum absolute atomic E-state index is 0.172. The zero-order chi connectivity index (χ0) is 19.4. The summed E-state index contributed by atoms with van der Waals surface area (Å²) in [4.78, 5) is 18.8. The van der Waals surface area contributed by atoms with E-state index >= 15 is 0 Å². The Kier molecular flexibility index (Phi) is 4.32. The fourth-order valence-corrected chi connectivity index (χ4v) is 4.60. The number of nitrogens with two attached hydrogens (primary N) is 1. The van der Waals surface area contributed by atoms with Gasteiger partial charge in [-0.25, -0.2) is 9.97 Å². The standard InChI is InChI=1S/C20H25ClN6O/c1-11-10-28-12(2)8-26(11)18-6-17(14-5-16(21)19(22)23-7-14)24-20(25-18)27-9-13-3-15(27)4-13/h5-7,11-13,15H,3-4,8-10H2,1-2H3,(H2,22,23)/t11-,12-,13?,15?/m0/s1. The molecule has 4 aliphatic rings. The normalized spacial score (nSPS) is 29.1. The highest BCUT2D eigenvalue weighted by Crippen LogP contribution is 2.43. The molecular formula is C20H25ClN6O. The number of nitrogen functional groups attached to an aromatic ring is 1. The van der Waals surface area contributed by atoms with E-state index in [0.717, 1.165) is 42.0 Å². The largest absolute Gasteiger partial charge is 0.382 e. The lowest BCUT2D eigenvalue weighted by atomic mass is 9.86. The van der Waals surface area contributed by atoms with E-state index in [1.54, 1.807) is 6.20 Å².